The van der Waals surface area contributed by atoms with Gasteiger partial charge in [-0.05, 0) is 18.2 Å². The van der Waals surface area contributed by atoms with Crippen molar-refractivity contribution in [3.8, 4) is 11.8 Å². The van der Waals surface area contributed by atoms with E-state index in [0.717, 1.165) is 0 Å². The number of nitrogens with one attached hydrogen (secondary N) is 1. The molecule has 1 aromatic rings. The van der Waals surface area contributed by atoms with Crippen LogP contribution in [0.1, 0.15) is 15.9 Å². The number of phenolic OH excluding ortho intramolecular Hbond substituents is 1. The summed E-state index contributed by atoms with van der Waals surface area (Å²) in [6.07, 6.45) is 0. The highest BCUT2D eigenvalue weighted by molar-refractivity contribution is 5.94. The maximum atomic E-state index is 11.0. The first kappa shape index (κ1) is 9.03. The minimum Gasteiger partial charge on any atom is -0.507 e. The molecule has 0 radical (unpaired) electrons. The highest BCUT2D eigenvalue weighted by Crippen LogP contribution is 2.16. The molecule has 5 nitrogen and oxygen atoms in total. The van der Waals surface area contributed by atoms with E-state index in [1.165, 1.54) is 18.2 Å². The topological polar surface area (TPSA) is 99.1 Å². The number of rotatable bonds is 1. The Morgan fingerprint density at radius 3 is 2.85 bits per heavy atom. The van der Waals surface area contributed by atoms with Crippen LogP contribution in [-0.4, -0.2) is 11.0 Å². The van der Waals surface area contributed by atoms with Crippen molar-refractivity contribution in [1.82, 2.24) is 5.43 Å². The fraction of sp³-hybridized carbons (Fsp3) is 0. The van der Waals surface area contributed by atoms with Gasteiger partial charge < -0.3 is 5.11 Å². The quantitative estimate of drug-likeness (QED) is 0.316. The molecule has 0 heterocycles. The zero-order chi connectivity index (χ0) is 9.84. The van der Waals surface area contributed by atoms with Crippen LogP contribution in [0.3, 0.4) is 0 Å². The Hall–Kier alpha value is -2.06. The predicted octanol–water partition coefficient (Wildman–Crippen LogP) is -0.133. The molecule has 0 aliphatic carbocycles. The van der Waals surface area contributed by atoms with Gasteiger partial charge in [-0.1, -0.05) is 0 Å². The first-order valence-corrected chi connectivity index (χ1v) is 3.43. The van der Waals surface area contributed by atoms with Gasteiger partial charge in [0.25, 0.3) is 5.91 Å². The highest BCUT2D eigenvalue weighted by atomic mass is 16.3. The summed E-state index contributed by atoms with van der Waals surface area (Å²) in [7, 11) is 0. The second-order valence-corrected chi connectivity index (χ2v) is 2.32. The number of carbonyl (C=O) groups excluding carboxylic acids is 1. The monoisotopic (exact) mass is 177 g/mol. The van der Waals surface area contributed by atoms with E-state index in [1.807, 2.05) is 5.43 Å². The summed E-state index contributed by atoms with van der Waals surface area (Å²) >= 11 is 0. The predicted molar refractivity (Wildman–Crippen MR) is 44.5 cm³/mol. The molecule has 1 amide bonds. The normalized spacial score (nSPS) is 8.92. The summed E-state index contributed by atoms with van der Waals surface area (Å²) in [4.78, 5) is 11.0. The van der Waals surface area contributed by atoms with Crippen LogP contribution in [-0.2, 0) is 0 Å². The Kier molecular flexibility index (Phi) is 2.47. The van der Waals surface area contributed by atoms with Crippen LogP contribution in [0, 0.1) is 11.3 Å². The molecule has 66 valence electrons. The van der Waals surface area contributed by atoms with Gasteiger partial charge in [0, 0.05) is 5.56 Å². The van der Waals surface area contributed by atoms with E-state index in [1.54, 1.807) is 6.07 Å². The molecular weight excluding hydrogens is 170 g/mol. The molecule has 5 heteroatoms. The molecule has 0 unspecified atom stereocenters. The number of nitrogens with zero attached hydrogens (tertiary/aromatic N) is 1. The third-order valence-corrected chi connectivity index (χ3v) is 1.51. The summed E-state index contributed by atoms with van der Waals surface area (Å²) in [5, 5.41) is 17.6. The van der Waals surface area contributed by atoms with Crippen LogP contribution in [0.15, 0.2) is 18.2 Å². The van der Waals surface area contributed by atoms with Crippen molar-refractivity contribution in [2.45, 2.75) is 0 Å². The zero-order valence-electron chi connectivity index (χ0n) is 6.61. The number of benzene rings is 1. The van der Waals surface area contributed by atoms with Crippen LogP contribution >= 0.6 is 0 Å². The van der Waals surface area contributed by atoms with E-state index in [0.29, 0.717) is 0 Å². The molecule has 0 saturated heterocycles. The maximum Gasteiger partial charge on any atom is 0.265 e. The van der Waals surface area contributed by atoms with E-state index in [-0.39, 0.29) is 16.9 Å². The van der Waals surface area contributed by atoms with Crippen LogP contribution in [0.25, 0.3) is 0 Å². The van der Waals surface area contributed by atoms with E-state index >= 15 is 0 Å². The largest absolute Gasteiger partial charge is 0.507 e. The molecule has 0 atom stereocenters. The van der Waals surface area contributed by atoms with Crippen molar-refractivity contribution >= 4 is 5.91 Å². The average molecular weight is 177 g/mol. The van der Waals surface area contributed by atoms with E-state index in [4.69, 9.17) is 16.2 Å². The van der Waals surface area contributed by atoms with Crippen molar-refractivity contribution in [2.24, 2.45) is 5.84 Å². The number of hydrogen-bond donors (Lipinski definition) is 3. The molecule has 0 spiro atoms. The molecule has 0 aliphatic rings. The summed E-state index contributed by atoms with van der Waals surface area (Å²) in [5.74, 6) is 4.23. The highest BCUT2D eigenvalue weighted by Gasteiger charge is 2.06. The second-order valence-electron chi connectivity index (χ2n) is 2.32. The number of hydrogen-bond acceptors (Lipinski definition) is 4. The molecule has 0 aliphatic heterocycles. The minimum atomic E-state index is -0.503. The van der Waals surface area contributed by atoms with Crippen LogP contribution in [0.2, 0.25) is 0 Å². The molecule has 0 bridgehead atoms. The Morgan fingerprint density at radius 1 is 1.62 bits per heavy atom. The number of hydrazine groups is 1. The van der Waals surface area contributed by atoms with Crippen molar-refractivity contribution in [3.05, 3.63) is 29.3 Å². The Morgan fingerprint density at radius 2 is 2.31 bits per heavy atom. The van der Waals surface area contributed by atoms with Crippen molar-refractivity contribution in [3.63, 3.8) is 0 Å². The van der Waals surface area contributed by atoms with E-state index in [2.05, 4.69) is 0 Å². The van der Waals surface area contributed by atoms with Gasteiger partial charge in [-0.3, -0.25) is 10.2 Å². The van der Waals surface area contributed by atoms with Crippen LogP contribution in [0.5, 0.6) is 5.75 Å². The van der Waals surface area contributed by atoms with Gasteiger partial charge in [-0.15, -0.1) is 0 Å². The van der Waals surface area contributed by atoms with E-state index < -0.39 is 5.91 Å². The molecule has 0 saturated carbocycles. The smallest absolute Gasteiger partial charge is 0.265 e. The number of aromatic hydroxyl groups is 1. The van der Waals surface area contributed by atoms with Crippen molar-refractivity contribution in [1.29, 1.82) is 5.26 Å². The summed E-state index contributed by atoms with van der Waals surface area (Å²) in [6, 6.07) is 5.65. The van der Waals surface area contributed by atoms with Gasteiger partial charge in [0.1, 0.15) is 11.8 Å². The van der Waals surface area contributed by atoms with Gasteiger partial charge >= 0.3 is 0 Å². The lowest BCUT2D eigenvalue weighted by Gasteiger charge is -2.00. The Bertz CT molecular complexity index is 381. The first-order chi connectivity index (χ1) is 6.19. The minimum absolute atomic E-state index is 0.0427. The summed E-state index contributed by atoms with van der Waals surface area (Å²) < 4.78 is 0. The second kappa shape index (κ2) is 3.56. The standard InChI is InChI=1S/C8H7N3O2/c9-4-6-3-5(8(13)11-10)1-2-7(6)12/h1-3,12H,10H2,(H,11,13). The summed E-state index contributed by atoms with van der Waals surface area (Å²) in [6.45, 7) is 0. The molecule has 0 aromatic heterocycles. The Labute approximate surface area is 74.4 Å². The fourth-order valence-corrected chi connectivity index (χ4v) is 0.850. The number of nitriles is 1. The lowest BCUT2D eigenvalue weighted by atomic mass is 10.1. The maximum absolute atomic E-state index is 11.0. The lowest BCUT2D eigenvalue weighted by molar-refractivity contribution is 0.0953. The number of phenols is 1. The van der Waals surface area contributed by atoms with Crippen molar-refractivity contribution < 1.29 is 9.90 Å². The molecule has 13 heavy (non-hydrogen) atoms. The lowest BCUT2D eigenvalue weighted by Crippen LogP contribution is -2.29. The third kappa shape index (κ3) is 1.75. The molecule has 1 rings (SSSR count). The Balaban J connectivity index is 3.15. The SMILES string of the molecule is N#Cc1cc(C(=O)NN)ccc1O. The number of nitrogen functional groups attached to an aromatic ring is 1. The molecular formula is C8H7N3O2. The average Bonchev–Trinajstić information content (AvgIpc) is 2.17. The molecule has 4 N–H and O–H groups in total. The molecule has 0 fully saturated rings. The van der Waals surface area contributed by atoms with Gasteiger partial charge in [-0.2, -0.15) is 5.26 Å². The summed E-state index contributed by atoms with van der Waals surface area (Å²) in [5.41, 5.74) is 2.20. The van der Waals surface area contributed by atoms with Crippen LogP contribution in [0.4, 0.5) is 0 Å². The van der Waals surface area contributed by atoms with E-state index in [9.17, 15) is 4.79 Å². The fourth-order valence-electron chi connectivity index (χ4n) is 0.850. The van der Waals surface area contributed by atoms with Gasteiger partial charge in [0.15, 0.2) is 0 Å². The zero-order valence-corrected chi connectivity index (χ0v) is 6.61. The third-order valence-electron chi connectivity index (χ3n) is 1.51. The van der Waals surface area contributed by atoms with Crippen molar-refractivity contribution in [2.75, 3.05) is 0 Å². The number of nitrogens with two attached hydrogens (primary N) is 1. The van der Waals surface area contributed by atoms with Gasteiger partial charge in [-0.25, -0.2) is 5.84 Å². The van der Waals surface area contributed by atoms with Gasteiger partial charge in [0.05, 0.1) is 5.56 Å². The number of carbonyl (C=O) groups is 1. The van der Waals surface area contributed by atoms with Gasteiger partial charge in [0.2, 0.25) is 0 Å². The first-order valence-electron chi connectivity index (χ1n) is 3.43. The molecule has 1 aromatic carbocycles. The number of amides is 1. The van der Waals surface area contributed by atoms with Crippen LogP contribution < -0.4 is 11.3 Å².